The molecule has 2 fully saturated rings. The van der Waals surface area contributed by atoms with Crippen molar-refractivity contribution in [3.63, 3.8) is 0 Å². The second-order valence-electron chi connectivity index (χ2n) is 5.64. The Bertz CT molecular complexity index is 592. The third-order valence-electron chi connectivity index (χ3n) is 4.41. The number of hydrogen-bond acceptors (Lipinski definition) is 5. The maximum Gasteiger partial charge on any atom is 0.151 e. The summed E-state index contributed by atoms with van der Waals surface area (Å²) in [5.74, 6) is 1.74. The third kappa shape index (κ3) is 3.27. The fourth-order valence-electron chi connectivity index (χ4n) is 3.36. The van der Waals surface area contributed by atoms with E-state index in [1.54, 1.807) is 6.20 Å². The summed E-state index contributed by atoms with van der Waals surface area (Å²) in [4.78, 5) is 6.81. The Morgan fingerprint density at radius 1 is 1.23 bits per heavy atom. The van der Waals surface area contributed by atoms with Gasteiger partial charge in [-0.25, -0.2) is 0 Å². The van der Waals surface area contributed by atoms with Gasteiger partial charge in [-0.1, -0.05) is 11.2 Å². The van der Waals surface area contributed by atoms with Gasteiger partial charge in [0.1, 0.15) is 5.69 Å². The van der Waals surface area contributed by atoms with Gasteiger partial charge >= 0.3 is 0 Å². The zero-order chi connectivity index (χ0) is 13.4. The van der Waals surface area contributed by atoms with Crippen molar-refractivity contribution < 1.29 is 4.52 Å². The lowest BCUT2D eigenvalue weighted by molar-refractivity contribution is 0.214. The first-order chi connectivity index (χ1) is 9.90. The van der Waals surface area contributed by atoms with Crippen molar-refractivity contribution in [2.24, 2.45) is 5.92 Å². The van der Waals surface area contributed by atoms with Crippen LogP contribution in [0.25, 0.3) is 11.4 Å². The summed E-state index contributed by atoms with van der Waals surface area (Å²) in [7, 11) is 0. The summed E-state index contributed by atoms with van der Waals surface area (Å²) in [6.45, 7) is 4.28. The molecule has 7 heteroatoms. The molecule has 5 nitrogen and oxygen atoms in total. The molecule has 2 atom stereocenters. The normalized spacial score (nSPS) is 23.6. The van der Waals surface area contributed by atoms with Crippen LogP contribution in [0.5, 0.6) is 0 Å². The van der Waals surface area contributed by atoms with E-state index in [0.29, 0.717) is 6.04 Å². The molecule has 0 spiro atoms. The fourth-order valence-corrected chi connectivity index (χ4v) is 3.36. The van der Waals surface area contributed by atoms with Crippen molar-refractivity contribution in [3.05, 3.63) is 36.2 Å². The fraction of sp³-hybridized carbons (Fsp3) is 0.467. The van der Waals surface area contributed by atoms with Crippen LogP contribution in [0.3, 0.4) is 0 Å². The second kappa shape index (κ2) is 7.42. The van der Waals surface area contributed by atoms with Crippen LogP contribution in [0.15, 0.2) is 35.0 Å². The van der Waals surface area contributed by atoms with E-state index in [9.17, 15) is 0 Å². The third-order valence-corrected chi connectivity index (χ3v) is 4.41. The highest BCUT2D eigenvalue weighted by molar-refractivity contribution is 5.85. The maximum atomic E-state index is 5.48. The number of rotatable bonds is 3. The van der Waals surface area contributed by atoms with Gasteiger partial charge in [0.15, 0.2) is 5.76 Å². The lowest BCUT2D eigenvalue weighted by atomic mass is 10.1. The van der Waals surface area contributed by atoms with Crippen molar-refractivity contribution in [1.29, 1.82) is 0 Å². The Morgan fingerprint density at radius 2 is 2.14 bits per heavy atom. The topological polar surface area (TPSA) is 54.2 Å². The van der Waals surface area contributed by atoms with E-state index < -0.39 is 0 Å². The molecule has 1 N–H and O–H groups in total. The van der Waals surface area contributed by atoms with Gasteiger partial charge in [-0.2, -0.15) is 0 Å². The molecule has 2 aliphatic rings. The Balaban J connectivity index is 0.000000882. The predicted octanol–water partition coefficient (Wildman–Crippen LogP) is 2.37. The van der Waals surface area contributed by atoms with Gasteiger partial charge in [-0.15, -0.1) is 24.8 Å². The zero-order valence-corrected chi connectivity index (χ0v) is 13.8. The van der Waals surface area contributed by atoms with Crippen LogP contribution in [-0.4, -0.2) is 40.7 Å². The molecule has 0 aliphatic carbocycles. The zero-order valence-electron chi connectivity index (χ0n) is 12.1. The number of fused-ring (bicyclic) bond motifs is 1. The average molecular weight is 343 g/mol. The molecule has 120 valence electrons. The molecule has 0 unspecified atom stereocenters. The van der Waals surface area contributed by atoms with Crippen molar-refractivity contribution in [3.8, 4) is 11.4 Å². The quantitative estimate of drug-likeness (QED) is 0.927. The van der Waals surface area contributed by atoms with E-state index in [2.05, 4.69) is 20.4 Å². The summed E-state index contributed by atoms with van der Waals surface area (Å²) in [6.07, 6.45) is 3.07. The minimum atomic E-state index is 0. The molecule has 0 aromatic carbocycles. The van der Waals surface area contributed by atoms with Gasteiger partial charge in [0.05, 0.1) is 12.2 Å². The Labute approximate surface area is 142 Å². The predicted molar refractivity (Wildman–Crippen MR) is 89.4 cm³/mol. The van der Waals surface area contributed by atoms with Gasteiger partial charge in [-0.05, 0) is 37.6 Å². The van der Waals surface area contributed by atoms with Crippen LogP contribution in [0.1, 0.15) is 12.2 Å². The standard InChI is InChI=1S/C15H18N4O.2ClH/c1-2-5-17-13(3-1)14-7-12(20-18-14)10-19-6-4-11-8-16-9-15(11)19;;/h1-3,5,7,11,15-16H,4,6,8-10H2;2*1H/t11-,15+;;/m0../s1. The Kier molecular flexibility index (Phi) is 5.81. The monoisotopic (exact) mass is 342 g/mol. The highest BCUT2D eigenvalue weighted by atomic mass is 35.5. The first-order valence-electron chi connectivity index (χ1n) is 7.22. The van der Waals surface area contributed by atoms with E-state index in [1.807, 2.05) is 24.3 Å². The number of hydrogen-bond donors (Lipinski definition) is 1. The number of pyridine rings is 1. The van der Waals surface area contributed by atoms with Gasteiger partial charge in [0.25, 0.3) is 0 Å². The highest BCUT2D eigenvalue weighted by Crippen LogP contribution is 2.29. The summed E-state index contributed by atoms with van der Waals surface area (Å²) < 4.78 is 5.48. The molecule has 4 heterocycles. The van der Waals surface area contributed by atoms with Gasteiger partial charge < -0.3 is 9.84 Å². The smallest absolute Gasteiger partial charge is 0.151 e. The number of nitrogens with zero attached hydrogens (tertiary/aromatic N) is 3. The number of aromatic nitrogens is 2. The molecule has 2 aromatic rings. The molecule has 2 aromatic heterocycles. The SMILES string of the molecule is Cl.Cl.c1ccc(-c2cc(CN3CC[C@H]4CNC[C@H]43)on2)nc1. The maximum absolute atomic E-state index is 5.48. The van der Waals surface area contributed by atoms with Crippen LogP contribution in [-0.2, 0) is 6.54 Å². The van der Waals surface area contributed by atoms with Crippen LogP contribution < -0.4 is 5.32 Å². The minimum Gasteiger partial charge on any atom is -0.359 e. The van der Waals surface area contributed by atoms with Gasteiger partial charge in [-0.3, -0.25) is 9.88 Å². The summed E-state index contributed by atoms with van der Waals surface area (Å²) in [5.41, 5.74) is 1.69. The van der Waals surface area contributed by atoms with E-state index in [4.69, 9.17) is 4.52 Å². The molecular weight excluding hydrogens is 323 g/mol. The van der Waals surface area contributed by atoms with Crippen LogP contribution in [0, 0.1) is 5.92 Å². The number of halogens is 2. The van der Waals surface area contributed by atoms with Crippen LogP contribution in [0.4, 0.5) is 0 Å². The van der Waals surface area contributed by atoms with E-state index >= 15 is 0 Å². The molecule has 0 radical (unpaired) electrons. The molecule has 0 bridgehead atoms. The summed E-state index contributed by atoms with van der Waals surface area (Å²) in [5, 5.41) is 7.61. The minimum absolute atomic E-state index is 0. The Morgan fingerprint density at radius 3 is 2.95 bits per heavy atom. The summed E-state index contributed by atoms with van der Waals surface area (Å²) in [6, 6.07) is 8.50. The van der Waals surface area contributed by atoms with E-state index in [0.717, 1.165) is 49.2 Å². The average Bonchev–Trinajstić information content (AvgIpc) is 3.19. The summed E-state index contributed by atoms with van der Waals surface area (Å²) >= 11 is 0. The molecule has 0 saturated carbocycles. The first kappa shape index (κ1) is 17.2. The number of likely N-dealkylation sites (tertiary alicyclic amines) is 1. The van der Waals surface area contributed by atoms with Crippen molar-refractivity contribution in [2.75, 3.05) is 19.6 Å². The van der Waals surface area contributed by atoms with Gasteiger partial charge in [0, 0.05) is 24.8 Å². The van der Waals surface area contributed by atoms with E-state index in [-0.39, 0.29) is 24.8 Å². The molecule has 22 heavy (non-hydrogen) atoms. The largest absolute Gasteiger partial charge is 0.359 e. The molecule has 0 amide bonds. The second-order valence-corrected chi connectivity index (χ2v) is 5.64. The van der Waals surface area contributed by atoms with Crippen LogP contribution in [0.2, 0.25) is 0 Å². The van der Waals surface area contributed by atoms with E-state index in [1.165, 1.54) is 6.42 Å². The van der Waals surface area contributed by atoms with Crippen molar-refractivity contribution in [1.82, 2.24) is 20.4 Å². The van der Waals surface area contributed by atoms with Crippen molar-refractivity contribution in [2.45, 2.75) is 19.0 Å². The number of nitrogens with one attached hydrogen (secondary N) is 1. The first-order valence-corrected chi connectivity index (χ1v) is 7.22. The molecule has 4 rings (SSSR count). The lowest BCUT2D eigenvalue weighted by Crippen LogP contribution is -2.33. The van der Waals surface area contributed by atoms with Crippen LogP contribution >= 0.6 is 24.8 Å². The lowest BCUT2D eigenvalue weighted by Gasteiger charge is -2.21. The highest BCUT2D eigenvalue weighted by Gasteiger charge is 2.37. The Hall–Kier alpha value is -1.14. The molecule has 2 saturated heterocycles. The van der Waals surface area contributed by atoms with Crippen molar-refractivity contribution >= 4 is 24.8 Å². The van der Waals surface area contributed by atoms with Gasteiger partial charge in [0.2, 0.25) is 0 Å². The molecular formula is C15H20Cl2N4O. The molecule has 2 aliphatic heterocycles.